The fourth-order valence-corrected chi connectivity index (χ4v) is 1.65. The Morgan fingerprint density at radius 2 is 2.42 bits per heavy atom. The van der Waals surface area contributed by atoms with Crippen LogP contribution >= 0.6 is 0 Å². The zero-order valence-electron chi connectivity index (χ0n) is 7.63. The average molecular weight is 165 g/mol. The van der Waals surface area contributed by atoms with E-state index in [1.165, 1.54) is 11.1 Å². The number of nitrogens with two attached hydrogens (primary N) is 1. The maximum absolute atomic E-state index is 10.7. The van der Waals surface area contributed by atoms with Gasteiger partial charge in [0.25, 0.3) is 0 Å². The molecule has 1 aliphatic rings. The van der Waals surface area contributed by atoms with Gasteiger partial charge in [0.15, 0.2) is 0 Å². The third-order valence-corrected chi connectivity index (χ3v) is 2.31. The number of primary amides is 1. The van der Waals surface area contributed by atoms with Crippen molar-refractivity contribution in [1.82, 2.24) is 0 Å². The topological polar surface area (TPSA) is 43.1 Å². The lowest BCUT2D eigenvalue weighted by atomic mass is 9.94. The number of hydrogen-bond acceptors (Lipinski definition) is 1. The summed E-state index contributed by atoms with van der Waals surface area (Å²) in [4.78, 5) is 10.7. The van der Waals surface area contributed by atoms with Crippen LogP contribution in [0.5, 0.6) is 0 Å². The summed E-state index contributed by atoms with van der Waals surface area (Å²) in [6.45, 7) is 4.13. The van der Waals surface area contributed by atoms with E-state index in [-0.39, 0.29) is 5.91 Å². The van der Waals surface area contributed by atoms with Crippen LogP contribution < -0.4 is 5.73 Å². The second-order valence-corrected chi connectivity index (χ2v) is 3.39. The zero-order chi connectivity index (χ0) is 9.14. The van der Waals surface area contributed by atoms with E-state index < -0.39 is 0 Å². The molecule has 12 heavy (non-hydrogen) atoms. The molecule has 2 heteroatoms. The normalized spacial score (nSPS) is 18.5. The van der Waals surface area contributed by atoms with Gasteiger partial charge in [-0.3, -0.25) is 4.79 Å². The average Bonchev–Trinajstić information content (AvgIpc) is 2.33. The van der Waals surface area contributed by atoms with Gasteiger partial charge in [0.05, 0.1) is 0 Å². The van der Waals surface area contributed by atoms with Crippen LogP contribution in [0.25, 0.3) is 0 Å². The molecule has 1 rings (SSSR count). The Kier molecular flexibility index (Phi) is 2.69. The first kappa shape index (κ1) is 9.04. The molecule has 0 heterocycles. The minimum Gasteiger partial charge on any atom is -0.370 e. The molecule has 2 nitrogen and oxygen atoms in total. The SMILES string of the molecule is CC1=C(C(C)CC(N)=O)CC=C1. The van der Waals surface area contributed by atoms with Crippen molar-refractivity contribution in [3.63, 3.8) is 0 Å². The summed E-state index contributed by atoms with van der Waals surface area (Å²) in [6.07, 6.45) is 5.68. The molecule has 0 bridgehead atoms. The smallest absolute Gasteiger partial charge is 0.218 e. The standard InChI is InChI=1S/C10H15NO/c1-7-4-3-5-9(7)8(2)6-10(11)12/h3-4,8H,5-6H2,1-2H3,(H2,11,12). The maximum Gasteiger partial charge on any atom is 0.218 e. The summed E-state index contributed by atoms with van der Waals surface area (Å²) in [5.74, 6) is 0.0900. The van der Waals surface area contributed by atoms with Gasteiger partial charge in [0.2, 0.25) is 5.91 Å². The lowest BCUT2D eigenvalue weighted by Gasteiger charge is -2.11. The molecule has 0 aromatic carbocycles. The predicted octanol–water partition coefficient (Wildman–Crippen LogP) is 1.77. The van der Waals surface area contributed by atoms with Crippen molar-refractivity contribution in [2.24, 2.45) is 11.7 Å². The molecule has 0 saturated carbocycles. The molecule has 0 radical (unpaired) electrons. The van der Waals surface area contributed by atoms with Crippen LogP contribution in [-0.2, 0) is 4.79 Å². The Morgan fingerprint density at radius 3 is 2.83 bits per heavy atom. The molecule has 0 fully saturated rings. The fraction of sp³-hybridized carbons (Fsp3) is 0.500. The van der Waals surface area contributed by atoms with E-state index >= 15 is 0 Å². The van der Waals surface area contributed by atoms with Gasteiger partial charge in [-0.2, -0.15) is 0 Å². The van der Waals surface area contributed by atoms with Gasteiger partial charge in [0, 0.05) is 6.42 Å². The number of carbonyl (C=O) groups is 1. The minimum atomic E-state index is -0.213. The fourth-order valence-electron chi connectivity index (χ4n) is 1.65. The van der Waals surface area contributed by atoms with E-state index in [2.05, 4.69) is 26.0 Å². The maximum atomic E-state index is 10.7. The number of amides is 1. The first-order valence-electron chi connectivity index (χ1n) is 4.25. The first-order chi connectivity index (χ1) is 5.61. The summed E-state index contributed by atoms with van der Waals surface area (Å²) in [7, 11) is 0. The van der Waals surface area contributed by atoms with Gasteiger partial charge in [-0.25, -0.2) is 0 Å². The van der Waals surface area contributed by atoms with E-state index in [4.69, 9.17) is 5.73 Å². The van der Waals surface area contributed by atoms with E-state index in [1.807, 2.05) is 0 Å². The molecular formula is C10H15NO. The number of rotatable bonds is 3. The molecular weight excluding hydrogens is 150 g/mol. The van der Waals surface area contributed by atoms with Gasteiger partial charge in [-0.1, -0.05) is 30.2 Å². The minimum absolute atomic E-state index is 0.213. The molecule has 1 atom stereocenters. The van der Waals surface area contributed by atoms with Gasteiger partial charge in [0.1, 0.15) is 0 Å². The Bertz CT molecular complexity index is 251. The molecule has 0 aromatic heterocycles. The van der Waals surface area contributed by atoms with E-state index in [9.17, 15) is 4.79 Å². The largest absolute Gasteiger partial charge is 0.370 e. The lowest BCUT2D eigenvalue weighted by molar-refractivity contribution is -0.118. The highest BCUT2D eigenvalue weighted by molar-refractivity contribution is 5.74. The third kappa shape index (κ3) is 1.97. The molecule has 0 aromatic rings. The Morgan fingerprint density at radius 1 is 1.75 bits per heavy atom. The zero-order valence-corrected chi connectivity index (χ0v) is 7.63. The molecule has 1 amide bonds. The van der Waals surface area contributed by atoms with E-state index in [1.54, 1.807) is 0 Å². The number of hydrogen-bond donors (Lipinski definition) is 1. The summed E-state index contributed by atoms with van der Waals surface area (Å²) < 4.78 is 0. The van der Waals surface area contributed by atoms with Crippen molar-refractivity contribution >= 4 is 5.91 Å². The predicted molar refractivity (Wildman–Crippen MR) is 49.4 cm³/mol. The van der Waals surface area contributed by atoms with Crippen LogP contribution in [0.4, 0.5) is 0 Å². The van der Waals surface area contributed by atoms with Gasteiger partial charge >= 0.3 is 0 Å². The van der Waals surface area contributed by atoms with Crippen LogP contribution in [0.2, 0.25) is 0 Å². The van der Waals surface area contributed by atoms with Gasteiger partial charge in [-0.05, 0) is 19.3 Å². The van der Waals surface area contributed by atoms with Gasteiger partial charge in [-0.15, -0.1) is 0 Å². The second kappa shape index (κ2) is 3.57. The van der Waals surface area contributed by atoms with Crippen LogP contribution in [0.3, 0.4) is 0 Å². The van der Waals surface area contributed by atoms with Crippen molar-refractivity contribution < 1.29 is 4.79 Å². The molecule has 0 spiro atoms. The van der Waals surface area contributed by atoms with Crippen LogP contribution in [-0.4, -0.2) is 5.91 Å². The van der Waals surface area contributed by atoms with Crippen molar-refractivity contribution in [3.05, 3.63) is 23.3 Å². The summed E-state index contributed by atoms with van der Waals surface area (Å²) in [6, 6.07) is 0. The molecule has 0 saturated heterocycles. The highest BCUT2D eigenvalue weighted by Crippen LogP contribution is 2.27. The van der Waals surface area contributed by atoms with E-state index in [0.29, 0.717) is 12.3 Å². The van der Waals surface area contributed by atoms with Gasteiger partial charge < -0.3 is 5.73 Å². The van der Waals surface area contributed by atoms with E-state index in [0.717, 1.165) is 6.42 Å². The summed E-state index contributed by atoms with van der Waals surface area (Å²) >= 11 is 0. The third-order valence-electron chi connectivity index (χ3n) is 2.31. The molecule has 1 unspecified atom stereocenters. The Hall–Kier alpha value is -1.05. The summed E-state index contributed by atoms with van der Waals surface area (Å²) in [5.41, 5.74) is 7.77. The quantitative estimate of drug-likeness (QED) is 0.680. The lowest BCUT2D eigenvalue weighted by Crippen LogP contribution is -2.15. The van der Waals surface area contributed by atoms with Crippen LogP contribution in [0.1, 0.15) is 26.7 Å². The molecule has 2 N–H and O–H groups in total. The summed E-state index contributed by atoms with van der Waals surface area (Å²) in [5, 5.41) is 0. The van der Waals surface area contributed by atoms with Crippen LogP contribution in [0.15, 0.2) is 23.3 Å². The monoisotopic (exact) mass is 165 g/mol. The van der Waals surface area contributed by atoms with Crippen molar-refractivity contribution in [2.75, 3.05) is 0 Å². The Labute approximate surface area is 73.1 Å². The first-order valence-corrected chi connectivity index (χ1v) is 4.25. The number of allylic oxidation sites excluding steroid dienone is 4. The second-order valence-electron chi connectivity index (χ2n) is 3.39. The van der Waals surface area contributed by atoms with Crippen molar-refractivity contribution in [3.8, 4) is 0 Å². The van der Waals surface area contributed by atoms with Crippen molar-refractivity contribution in [1.29, 1.82) is 0 Å². The van der Waals surface area contributed by atoms with Crippen molar-refractivity contribution in [2.45, 2.75) is 26.7 Å². The molecule has 66 valence electrons. The highest BCUT2D eigenvalue weighted by atomic mass is 16.1. The Balaban J connectivity index is 2.59. The number of carbonyl (C=O) groups excluding carboxylic acids is 1. The molecule has 0 aliphatic heterocycles. The van der Waals surface area contributed by atoms with Crippen LogP contribution in [0, 0.1) is 5.92 Å². The highest BCUT2D eigenvalue weighted by Gasteiger charge is 2.14. The molecule has 1 aliphatic carbocycles.